The molecule has 0 aromatic heterocycles. The number of ether oxygens (including phenoxy) is 1. The van der Waals surface area contributed by atoms with Crippen molar-refractivity contribution in [1.29, 1.82) is 0 Å². The van der Waals surface area contributed by atoms with Crippen molar-refractivity contribution in [1.82, 2.24) is 5.32 Å². The minimum absolute atomic E-state index is 0.0811. The first-order chi connectivity index (χ1) is 9.56. The summed E-state index contributed by atoms with van der Waals surface area (Å²) in [4.78, 5) is 23.0. The number of rotatable bonds is 8. The smallest absolute Gasteiger partial charge is 0.328 e. The maximum absolute atomic E-state index is 11.5. The number of aliphatic carboxylic acids is 1. The van der Waals surface area contributed by atoms with E-state index in [1.807, 2.05) is 19.1 Å². The van der Waals surface area contributed by atoms with E-state index in [1.54, 1.807) is 12.1 Å². The van der Waals surface area contributed by atoms with Gasteiger partial charge in [0, 0.05) is 4.90 Å². The highest BCUT2D eigenvalue weighted by Gasteiger charge is 2.18. The number of amides is 1. The molecule has 3 N–H and O–H groups in total. The second-order valence-electron chi connectivity index (χ2n) is 3.83. The van der Waals surface area contributed by atoms with Crippen molar-refractivity contribution in [2.75, 3.05) is 19.0 Å². The highest BCUT2D eigenvalue weighted by Crippen LogP contribution is 2.21. The third-order valence-electron chi connectivity index (χ3n) is 2.32. The van der Waals surface area contributed by atoms with Crippen LogP contribution in [0.4, 0.5) is 0 Å². The Bertz CT molecular complexity index is 449. The molecule has 20 heavy (non-hydrogen) atoms. The molecule has 0 spiro atoms. The minimum Gasteiger partial charge on any atom is -0.494 e. The van der Waals surface area contributed by atoms with Gasteiger partial charge < -0.3 is 20.3 Å². The largest absolute Gasteiger partial charge is 0.494 e. The molecular formula is C13H17NO5S. The minimum atomic E-state index is -1.26. The van der Waals surface area contributed by atoms with Crippen molar-refractivity contribution in [2.24, 2.45) is 0 Å². The number of carbonyl (C=O) groups excluding carboxylic acids is 1. The molecule has 6 nitrogen and oxygen atoms in total. The number of aliphatic hydroxyl groups excluding tert-OH is 1. The van der Waals surface area contributed by atoms with Crippen LogP contribution < -0.4 is 10.1 Å². The van der Waals surface area contributed by atoms with Gasteiger partial charge in [0.05, 0.1) is 19.0 Å². The molecular weight excluding hydrogens is 282 g/mol. The van der Waals surface area contributed by atoms with Gasteiger partial charge in [-0.05, 0) is 31.2 Å². The first-order valence-corrected chi connectivity index (χ1v) is 7.04. The zero-order valence-electron chi connectivity index (χ0n) is 11.0. The summed E-state index contributed by atoms with van der Waals surface area (Å²) in [5.41, 5.74) is 0. The zero-order valence-corrected chi connectivity index (χ0v) is 11.9. The summed E-state index contributed by atoms with van der Waals surface area (Å²) in [5, 5.41) is 19.7. The number of hydrogen-bond donors (Lipinski definition) is 3. The van der Waals surface area contributed by atoms with Crippen LogP contribution in [0.5, 0.6) is 5.75 Å². The summed E-state index contributed by atoms with van der Waals surface area (Å²) < 4.78 is 5.30. The van der Waals surface area contributed by atoms with Crippen LogP contribution in [0.1, 0.15) is 6.92 Å². The molecule has 1 atom stereocenters. The van der Waals surface area contributed by atoms with Gasteiger partial charge in [-0.1, -0.05) is 0 Å². The third kappa shape index (κ3) is 5.50. The average Bonchev–Trinajstić information content (AvgIpc) is 2.44. The molecule has 1 amide bonds. The van der Waals surface area contributed by atoms with E-state index in [0.717, 1.165) is 10.6 Å². The molecule has 0 saturated heterocycles. The summed E-state index contributed by atoms with van der Waals surface area (Å²) in [6.45, 7) is 1.86. The van der Waals surface area contributed by atoms with E-state index >= 15 is 0 Å². The van der Waals surface area contributed by atoms with Gasteiger partial charge in [-0.15, -0.1) is 11.8 Å². The van der Waals surface area contributed by atoms with Crippen LogP contribution in [0.2, 0.25) is 0 Å². The fourth-order valence-corrected chi connectivity index (χ4v) is 2.08. The standard InChI is InChI=1S/C13H17NO5S/c1-2-19-9-3-5-10(6-4-9)20-8-12(16)14-11(7-15)13(17)18/h3-6,11,15H,2,7-8H2,1H3,(H,14,16)(H,17,18)/t11-/m0/s1. The maximum Gasteiger partial charge on any atom is 0.328 e. The molecule has 0 bridgehead atoms. The number of carboxylic acids is 1. The summed E-state index contributed by atoms with van der Waals surface area (Å²) in [6.07, 6.45) is 0. The number of thioether (sulfide) groups is 1. The van der Waals surface area contributed by atoms with Gasteiger partial charge >= 0.3 is 5.97 Å². The highest BCUT2D eigenvalue weighted by molar-refractivity contribution is 8.00. The monoisotopic (exact) mass is 299 g/mol. The Morgan fingerprint density at radius 1 is 1.35 bits per heavy atom. The predicted molar refractivity (Wildman–Crippen MR) is 75.0 cm³/mol. The van der Waals surface area contributed by atoms with Crippen LogP contribution in [-0.4, -0.2) is 47.1 Å². The van der Waals surface area contributed by atoms with Gasteiger partial charge in [-0.25, -0.2) is 4.79 Å². The summed E-state index contributed by atoms with van der Waals surface area (Å²) >= 11 is 1.28. The first kappa shape index (κ1) is 16.3. The Morgan fingerprint density at radius 2 is 2.00 bits per heavy atom. The van der Waals surface area contributed by atoms with E-state index in [0.29, 0.717) is 6.61 Å². The molecule has 0 radical (unpaired) electrons. The fourth-order valence-electron chi connectivity index (χ4n) is 1.37. The molecule has 1 rings (SSSR count). The Labute approximate surface area is 121 Å². The second-order valence-corrected chi connectivity index (χ2v) is 4.88. The van der Waals surface area contributed by atoms with E-state index in [2.05, 4.69) is 5.32 Å². The first-order valence-electron chi connectivity index (χ1n) is 6.05. The van der Waals surface area contributed by atoms with Crippen molar-refractivity contribution in [3.63, 3.8) is 0 Å². The lowest BCUT2D eigenvalue weighted by Gasteiger charge is -2.11. The average molecular weight is 299 g/mol. The Kier molecular flexibility index (Phi) is 6.89. The van der Waals surface area contributed by atoms with Crippen molar-refractivity contribution < 1.29 is 24.5 Å². The lowest BCUT2D eigenvalue weighted by atomic mass is 10.3. The van der Waals surface area contributed by atoms with Gasteiger partial charge in [0.25, 0.3) is 0 Å². The number of carbonyl (C=O) groups is 2. The molecule has 0 fully saturated rings. The highest BCUT2D eigenvalue weighted by atomic mass is 32.2. The Hall–Kier alpha value is -1.73. The van der Waals surface area contributed by atoms with Gasteiger partial charge in [0.2, 0.25) is 5.91 Å². The van der Waals surface area contributed by atoms with Crippen LogP contribution in [0.25, 0.3) is 0 Å². The second kappa shape index (κ2) is 8.44. The van der Waals surface area contributed by atoms with E-state index in [1.165, 1.54) is 11.8 Å². The molecule has 110 valence electrons. The molecule has 0 aliphatic heterocycles. The fraction of sp³-hybridized carbons (Fsp3) is 0.385. The zero-order chi connectivity index (χ0) is 15.0. The van der Waals surface area contributed by atoms with E-state index < -0.39 is 24.5 Å². The lowest BCUT2D eigenvalue weighted by molar-refractivity contribution is -0.142. The van der Waals surface area contributed by atoms with Gasteiger partial charge in [-0.2, -0.15) is 0 Å². The number of hydrogen-bond acceptors (Lipinski definition) is 5. The Balaban J connectivity index is 2.42. The van der Waals surface area contributed by atoms with Gasteiger partial charge in [0.15, 0.2) is 0 Å². The maximum atomic E-state index is 11.5. The van der Waals surface area contributed by atoms with E-state index in [9.17, 15) is 9.59 Å². The SMILES string of the molecule is CCOc1ccc(SCC(=O)N[C@@H](CO)C(=O)O)cc1. The van der Waals surface area contributed by atoms with Crippen LogP contribution in [0, 0.1) is 0 Å². The molecule has 1 aromatic carbocycles. The quantitative estimate of drug-likeness (QED) is 0.613. The predicted octanol–water partition coefficient (Wildman–Crippen LogP) is 0.739. The summed E-state index contributed by atoms with van der Waals surface area (Å²) in [5.74, 6) is -0.859. The molecule has 7 heteroatoms. The number of nitrogens with one attached hydrogen (secondary N) is 1. The van der Waals surface area contributed by atoms with Gasteiger partial charge in [0.1, 0.15) is 11.8 Å². The molecule has 0 unspecified atom stereocenters. The van der Waals surface area contributed by atoms with Crippen LogP contribution in [0.15, 0.2) is 29.2 Å². The number of benzene rings is 1. The van der Waals surface area contributed by atoms with Crippen molar-refractivity contribution in [3.8, 4) is 5.75 Å². The van der Waals surface area contributed by atoms with E-state index in [4.69, 9.17) is 14.9 Å². The van der Waals surface area contributed by atoms with Gasteiger partial charge in [-0.3, -0.25) is 4.79 Å². The molecule has 0 aliphatic rings. The molecule has 0 saturated carbocycles. The normalized spacial score (nSPS) is 11.7. The molecule has 0 aliphatic carbocycles. The van der Waals surface area contributed by atoms with Crippen LogP contribution in [-0.2, 0) is 9.59 Å². The number of carboxylic acid groups (broad SMARTS) is 1. The Morgan fingerprint density at radius 3 is 2.50 bits per heavy atom. The van der Waals surface area contributed by atoms with Crippen LogP contribution in [0.3, 0.4) is 0 Å². The topological polar surface area (TPSA) is 95.9 Å². The lowest BCUT2D eigenvalue weighted by Crippen LogP contribution is -2.44. The van der Waals surface area contributed by atoms with Crippen LogP contribution >= 0.6 is 11.8 Å². The summed E-state index contributed by atoms with van der Waals surface area (Å²) in [6, 6.07) is 5.99. The molecule has 1 aromatic rings. The van der Waals surface area contributed by atoms with Crippen molar-refractivity contribution in [2.45, 2.75) is 17.9 Å². The number of aliphatic hydroxyl groups is 1. The van der Waals surface area contributed by atoms with Crippen molar-refractivity contribution >= 4 is 23.6 Å². The summed E-state index contributed by atoms with van der Waals surface area (Å²) in [7, 11) is 0. The third-order valence-corrected chi connectivity index (χ3v) is 3.33. The van der Waals surface area contributed by atoms with E-state index in [-0.39, 0.29) is 5.75 Å². The molecule has 0 heterocycles. The van der Waals surface area contributed by atoms with Crippen molar-refractivity contribution in [3.05, 3.63) is 24.3 Å².